The highest BCUT2D eigenvalue weighted by molar-refractivity contribution is 9.11. The molecule has 0 aliphatic carbocycles. The molecule has 0 saturated carbocycles. The van der Waals surface area contributed by atoms with Gasteiger partial charge in [0.25, 0.3) is 5.91 Å². The van der Waals surface area contributed by atoms with E-state index in [0.717, 1.165) is 34.8 Å². The molecule has 1 aliphatic rings. The number of halogens is 2. The van der Waals surface area contributed by atoms with Crippen LogP contribution < -0.4 is 0 Å². The van der Waals surface area contributed by atoms with Gasteiger partial charge in [0.1, 0.15) is 0 Å². The molecule has 146 valence electrons. The largest absolute Gasteiger partial charge is 0.335 e. The molecule has 1 fully saturated rings. The summed E-state index contributed by atoms with van der Waals surface area (Å²) in [6, 6.07) is 11.6. The van der Waals surface area contributed by atoms with Gasteiger partial charge in [0.15, 0.2) is 5.69 Å². The molecule has 9 heteroatoms. The molecule has 1 saturated heterocycles. The minimum atomic E-state index is -0.0655. The summed E-state index contributed by atoms with van der Waals surface area (Å²) in [7, 11) is 0. The number of aromatic nitrogens is 3. The first-order chi connectivity index (χ1) is 13.5. The van der Waals surface area contributed by atoms with E-state index < -0.39 is 0 Å². The Labute approximate surface area is 180 Å². The average molecular weight is 481 g/mol. The second kappa shape index (κ2) is 8.32. The Morgan fingerprint density at radius 1 is 1.21 bits per heavy atom. The van der Waals surface area contributed by atoms with E-state index in [-0.39, 0.29) is 5.91 Å². The van der Waals surface area contributed by atoms with Crippen molar-refractivity contribution in [3.8, 4) is 5.69 Å². The zero-order valence-electron chi connectivity index (χ0n) is 15.3. The normalized spacial score (nSPS) is 15.2. The van der Waals surface area contributed by atoms with Gasteiger partial charge in [0, 0.05) is 42.6 Å². The zero-order valence-corrected chi connectivity index (χ0v) is 18.5. The van der Waals surface area contributed by atoms with Gasteiger partial charge in [-0.2, -0.15) is 0 Å². The van der Waals surface area contributed by atoms with Gasteiger partial charge in [0.05, 0.1) is 15.2 Å². The molecular weight excluding hydrogens is 462 g/mol. The van der Waals surface area contributed by atoms with Crippen LogP contribution in [0.25, 0.3) is 5.69 Å². The number of thiophene rings is 1. The van der Waals surface area contributed by atoms with E-state index in [1.807, 2.05) is 24.0 Å². The first-order valence-corrected chi connectivity index (χ1v) is 10.9. The van der Waals surface area contributed by atoms with E-state index in [1.165, 1.54) is 4.88 Å². The number of hydrogen-bond donors (Lipinski definition) is 0. The fourth-order valence-corrected chi connectivity index (χ4v) is 5.01. The van der Waals surface area contributed by atoms with Crippen molar-refractivity contribution in [2.75, 3.05) is 26.2 Å². The number of benzene rings is 1. The molecule has 28 heavy (non-hydrogen) atoms. The minimum Gasteiger partial charge on any atom is -0.335 e. The Balaban J connectivity index is 1.42. The number of rotatable bonds is 4. The number of carbonyl (C=O) groups excluding carboxylic acids is 1. The lowest BCUT2D eigenvalue weighted by Gasteiger charge is -2.34. The fraction of sp³-hybridized carbons (Fsp3) is 0.316. The molecule has 3 aromatic rings. The van der Waals surface area contributed by atoms with Crippen molar-refractivity contribution in [2.45, 2.75) is 13.5 Å². The summed E-state index contributed by atoms with van der Waals surface area (Å²) in [5.74, 6) is -0.0655. The predicted molar refractivity (Wildman–Crippen MR) is 114 cm³/mol. The van der Waals surface area contributed by atoms with Gasteiger partial charge < -0.3 is 4.90 Å². The van der Waals surface area contributed by atoms with Crippen LogP contribution in [0.15, 0.2) is 40.2 Å². The van der Waals surface area contributed by atoms with Crippen molar-refractivity contribution in [2.24, 2.45) is 0 Å². The van der Waals surface area contributed by atoms with Crippen LogP contribution in [-0.2, 0) is 6.54 Å². The van der Waals surface area contributed by atoms with Gasteiger partial charge in [-0.15, -0.1) is 16.4 Å². The molecule has 1 amide bonds. The minimum absolute atomic E-state index is 0.0655. The molecule has 0 bridgehead atoms. The van der Waals surface area contributed by atoms with Gasteiger partial charge in [-0.25, -0.2) is 4.68 Å². The van der Waals surface area contributed by atoms with Crippen LogP contribution in [-0.4, -0.2) is 56.9 Å². The molecule has 2 aromatic heterocycles. The van der Waals surface area contributed by atoms with Crippen LogP contribution in [0, 0.1) is 6.92 Å². The van der Waals surface area contributed by atoms with E-state index in [2.05, 4.69) is 43.3 Å². The Morgan fingerprint density at radius 2 is 2.00 bits per heavy atom. The number of nitrogens with zero attached hydrogens (tertiary/aromatic N) is 5. The predicted octanol–water partition coefficient (Wildman–Crippen LogP) is 4.01. The molecule has 0 radical (unpaired) electrons. The van der Waals surface area contributed by atoms with Crippen LogP contribution in [0.4, 0.5) is 0 Å². The highest BCUT2D eigenvalue weighted by Gasteiger charge is 2.26. The maximum absolute atomic E-state index is 13.0. The molecule has 0 unspecified atom stereocenters. The van der Waals surface area contributed by atoms with E-state index in [9.17, 15) is 4.79 Å². The van der Waals surface area contributed by atoms with Crippen LogP contribution >= 0.6 is 38.9 Å². The molecule has 1 aromatic carbocycles. The lowest BCUT2D eigenvalue weighted by Crippen LogP contribution is -2.48. The molecule has 3 heterocycles. The third-order valence-corrected chi connectivity index (χ3v) is 6.66. The summed E-state index contributed by atoms with van der Waals surface area (Å²) in [5.41, 5.74) is 1.91. The molecule has 0 spiro atoms. The van der Waals surface area contributed by atoms with E-state index in [1.54, 1.807) is 28.2 Å². The smallest absolute Gasteiger partial charge is 0.276 e. The third kappa shape index (κ3) is 4.15. The van der Waals surface area contributed by atoms with Crippen molar-refractivity contribution >= 4 is 44.8 Å². The number of piperazine rings is 1. The van der Waals surface area contributed by atoms with Crippen molar-refractivity contribution in [1.29, 1.82) is 0 Å². The topological polar surface area (TPSA) is 54.3 Å². The molecule has 0 N–H and O–H groups in total. The third-order valence-electron chi connectivity index (χ3n) is 4.82. The van der Waals surface area contributed by atoms with Gasteiger partial charge in [-0.05, 0) is 53.2 Å². The fourth-order valence-electron chi connectivity index (χ4n) is 3.30. The van der Waals surface area contributed by atoms with E-state index in [0.29, 0.717) is 23.8 Å². The van der Waals surface area contributed by atoms with Crippen molar-refractivity contribution < 1.29 is 4.79 Å². The maximum atomic E-state index is 13.0. The second-order valence-corrected chi connectivity index (χ2v) is 9.67. The van der Waals surface area contributed by atoms with Crippen LogP contribution in [0.2, 0.25) is 5.02 Å². The maximum Gasteiger partial charge on any atom is 0.276 e. The van der Waals surface area contributed by atoms with Gasteiger partial charge in [-0.1, -0.05) is 22.9 Å². The Morgan fingerprint density at radius 3 is 2.68 bits per heavy atom. The number of amides is 1. The molecule has 6 nitrogen and oxygen atoms in total. The van der Waals surface area contributed by atoms with Crippen molar-refractivity contribution in [1.82, 2.24) is 24.8 Å². The standard InChI is InChI=1S/C19H19BrClN5OS/c1-13-18(22-23-26(13)15-4-2-3-14(21)11-15)19(27)25-9-7-24(8-10-25)12-16-5-6-17(20)28-16/h2-6,11H,7-10,12H2,1H3. The summed E-state index contributed by atoms with van der Waals surface area (Å²) >= 11 is 11.3. The van der Waals surface area contributed by atoms with Crippen LogP contribution in [0.1, 0.15) is 21.1 Å². The van der Waals surface area contributed by atoms with Crippen molar-refractivity contribution in [3.05, 3.63) is 61.5 Å². The Hall–Kier alpha value is -1.74. The van der Waals surface area contributed by atoms with Crippen molar-refractivity contribution in [3.63, 3.8) is 0 Å². The summed E-state index contributed by atoms with van der Waals surface area (Å²) in [6.45, 7) is 5.86. The zero-order chi connectivity index (χ0) is 19.7. The molecule has 4 rings (SSSR count). The van der Waals surface area contributed by atoms with Gasteiger partial charge in [0.2, 0.25) is 0 Å². The summed E-state index contributed by atoms with van der Waals surface area (Å²) in [4.78, 5) is 18.5. The highest BCUT2D eigenvalue weighted by atomic mass is 79.9. The summed E-state index contributed by atoms with van der Waals surface area (Å²) in [5, 5.41) is 8.93. The summed E-state index contributed by atoms with van der Waals surface area (Å²) < 4.78 is 2.80. The summed E-state index contributed by atoms with van der Waals surface area (Å²) in [6.07, 6.45) is 0. The number of hydrogen-bond acceptors (Lipinski definition) is 5. The first-order valence-electron chi connectivity index (χ1n) is 8.95. The van der Waals surface area contributed by atoms with Crippen LogP contribution in [0.3, 0.4) is 0 Å². The SMILES string of the molecule is Cc1c(C(=O)N2CCN(Cc3ccc(Br)s3)CC2)nnn1-c1cccc(Cl)c1. The first kappa shape index (κ1) is 19.6. The highest BCUT2D eigenvalue weighted by Crippen LogP contribution is 2.24. The van der Waals surface area contributed by atoms with Gasteiger partial charge >= 0.3 is 0 Å². The van der Waals surface area contributed by atoms with Gasteiger partial charge in [-0.3, -0.25) is 9.69 Å². The monoisotopic (exact) mass is 479 g/mol. The Bertz CT molecular complexity index is 996. The number of carbonyl (C=O) groups is 1. The Kier molecular flexibility index (Phi) is 5.82. The average Bonchev–Trinajstić information content (AvgIpc) is 3.27. The lowest BCUT2D eigenvalue weighted by atomic mass is 10.2. The molecular formula is C19H19BrClN5OS. The van der Waals surface area contributed by atoms with E-state index >= 15 is 0 Å². The quantitative estimate of drug-likeness (QED) is 0.566. The molecule has 1 aliphatic heterocycles. The molecule has 0 atom stereocenters. The second-order valence-electron chi connectivity index (χ2n) is 6.69. The van der Waals surface area contributed by atoms with Crippen LogP contribution in [0.5, 0.6) is 0 Å². The van der Waals surface area contributed by atoms with E-state index in [4.69, 9.17) is 11.6 Å². The lowest BCUT2D eigenvalue weighted by molar-refractivity contribution is 0.0623.